The van der Waals surface area contributed by atoms with E-state index in [0.717, 1.165) is 10.9 Å². The van der Waals surface area contributed by atoms with Gasteiger partial charge in [-0.1, -0.05) is 0 Å². The Morgan fingerprint density at radius 2 is 2.31 bits per heavy atom. The van der Waals surface area contributed by atoms with Gasteiger partial charge in [0.05, 0.1) is 18.1 Å². The first-order valence-electron chi connectivity index (χ1n) is 4.32. The monoisotopic (exact) mass is 222 g/mol. The van der Waals surface area contributed by atoms with Crippen molar-refractivity contribution in [1.82, 2.24) is 14.8 Å². The molecule has 0 saturated carbocycles. The third kappa shape index (κ3) is 1.83. The summed E-state index contributed by atoms with van der Waals surface area (Å²) in [4.78, 5) is 14.1. The summed E-state index contributed by atoms with van der Waals surface area (Å²) >= 11 is 0. The maximum absolute atomic E-state index is 13.6. The highest BCUT2D eigenvalue weighted by molar-refractivity contribution is 5.82. The second kappa shape index (κ2) is 3.97. The molecule has 16 heavy (non-hydrogen) atoms. The van der Waals surface area contributed by atoms with Gasteiger partial charge in [0, 0.05) is 6.20 Å². The van der Waals surface area contributed by atoms with Crippen LogP contribution in [0.3, 0.4) is 0 Å². The highest BCUT2D eigenvalue weighted by Crippen LogP contribution is 2.16. The minimum absolute atomic E-state index is 0.198. The van der Waals surface area contributed by atoms with Gasteiger partial charge in [-0.05, 0) is 12.1 Å². The van der Waals surface area contributed by atoms with E-state index in [-0.39, 0.29) is 5.69 Å². The number of carboxylic acid groups (broad SMARTS) is 1. The van der Waals surface area contributed by atoms with E-state index in [1.807, 2.05) is 5.32 Å². The molecule has 2 heterocycles. The van der Waals surface area contributed by atoms with Crippen LogP contribution in [0.4, 0.5) is 14.9 Å². The number of nitrogens with one attached hydrogen (secondary N) is 1. The van der Waals surface area contributed by atoms with Crippen molar-refractivity contribution in [2.75, 3.05) is 5.32 Å². The molecule has 0 unspecified atom stereocenters. The zero-order chi connectivity index (χ0) is 11.5. The molecule has 6 nitrogen and oxygen atoms in total. The van der Waals surface area contributed by atoms with E-state index in [1.54, 1.807) is 18.3 Å². The average Bonchev–Trinajstić information content (AvgIpc) is 2.61. The van der Waals surface area contributed by atoms with E-state index < -0.39 is 12.0 Å². The summed E-state index contributed by atoms with van der Waals surface area (Å²) in [5.41, 5.74) is 0.217. The minimum atomic E-state index is -1.34. The third-order valence-corrected chi connectivity index (χ3v) is 1.84. The molecule has 0 bridgehead atoms. The maximum atomic E-state index is 13.6. The molecule has 2 aromatic heterocycles. The number of nitrogens with zero attached hydrogens (tertiary/aromatic N) is 3. The van der Waals surface area contributed by atoms with Crippen LogP contribution in [0.1, 0.15) is 0 Å². The van der Waals surface area contributed by atoms with E-state index in [2.05, 4.69) is 10.1 Å². The second-order valence-corrected chi connectivity index (χ2v) is 2.90. The summed E-state index contributed by atoms with van der Waals surface area (Å²) in [5.74, 6) is -0.782. The van der Waals surface area contributed by atoms with Crippen LogP contribution in [-0.2, 0) is 0 Å². The van der Waals surface area contributed by atoms with E-state index in [4.69, 9.17) is 5.11 Å². The summed E-state index contributed by atoms with van der Waals surface area (Å²) in [6.07, 6.45) is 2.71. The van der Waals surface area contributed by atoms with Crippen molar-refractivity contribution in [3.8, 4) is 5.69 Å². The molecule has 0 spiro atoms. The fraction of sp³-hybridized carbons (Fsp3) is 0. The Morgan fingerprint density at radius 3 is 2.94 bits per heavy atom. The molecule has 0 aliphatic heterocycles. The zero-order valence-corrected chi connectivity index (χ0v) is 7.96. The molecule has 7 heteroatoms. The summed E-state index contributed by atoms with van der Waals surface area (Å²) in [6, 6.07) is 3.23. The van der Waals surface area contributed by atoms with Gasteiger partial charge < -0.3 is 5.11 Å². The molecular weight excluding hydrogens is 215 g/mol. The molecule has 82 valence electrons. The van der Waals surface area contributed by atoms with Crippen molar-refractivity contribution in [2.45, 2.75) is 0 Å². The lowest BCUT2D eigenvalue weighted by molar-refractivity contribution is 0.209. The van der Waals surface area contributed by atoms with E-state index in [9.17, 15) is 9.18 Å². The highest BCUT2D eigenvalue weighted by Gasteiger charge is 2.13. The number of anilines is 1. The van der Waals surface area contributed by atoms with Gasteiger partial charge in [0.25, 0.3) is 0 Å². The lowest BCUT2D eigenvalue weighted by atomic mass is 10.4. The Balaban J connectivity index is 2.37. The molecule has 0 radical (unpaired) electrons. The van der Waals surface area contributed by atoms with Crippen molar-refractivity contribution in [3.63, 3.8) is 0 Å². The number of carbonyl (C=O) groups is 1. The van der Waals surface area contributed by atoms with Gasteiger partial charge in [-0.2, -0.15) is 9.49 Å². The summed E-state index contributed by atoms with van der Waals surface area (Å²) < 4.78 is 14.6. The average molecular weight is 222 g/mol. The number of aromatic nitrogens is 3. The summed E-state index contributed by atoms with van der Waals surface area (Å²) in [6.45, 7) is 0. The Hall–Kier alpha value is -2.44. The molecule has 2 N–H and O–H groups in total. The first kappa shape index (κ1) is 10.1. The number of amides is 1. The predicted molar refractivity (Wildman–Crippen MR) is 53.0 cm³/mol. The quantitative estimate of drug-likeness (QED) is 0.806. The Morgan fingerprint density at radius 1 is 1.50 bits per heavy atom. The first-order valence-corrected chi connectivity index (χ1v) is 4.32. The van der Waals surface area contributed by atoms with Gasteiger partial charge in [-0.3, -0.25) is 10.3 Å². The van der Waals surface area contributed by atoms with Crippen LogP contribution >= 0.6 is 0 Å². The largest absolute Gasteiger partial charge is 0.465 e. The molecule has 0 aromatic carbocycles. The van der Waals surface area contributed by atoms with Crippen LogP contribution in [0.15, 0.2) is 30.7 Å². The minimum Gasteiger partial charge on any atom is -0.465 e. The van der Waals surface area contributed by atoms with Crippen molar-refractivity contribution in [2.24, 2.45) is 0 Å². The lowest BCUT2D eigenvalue weighted by Crippen LogP contribution is -2.08. The van der Waals surface area contributed by atoms with Crippen molar-refractivity contribution >= 4 is 11.8 Å². The topological polar surface area (TPSA) is 80.0 Å². The third-order valence-electron chi connectivity index (χ3n) is 1.84. The van der Waals surface area contributed by atoms with Crippen LogP contribution < -0.4 is 5.32 Å². The van der Waals surface area contributed by atoms with Gasteiger partial charge in [0.1, 0.15) is 5.69 Å². The fourth-order valence-electron chi connectivity index (χ4n) is 1.19. The number of hydrogen-bond acceptors (Lipinski definition) is 3. The molecule has 2 aromatic rings. The molecular formula is C9H7FN4O2. The molecule has 2 rings (SSSR count). The normalized spacial score (nSPS) is 10.1. The molecule has 0 aliphatic rings. The Kier molecular flexibility index (Phi) is 2.50. The molecule has 1 amide bonds. The van der Waals surface area contributed by atoms with Crippen molar-refractivity contribution in [1.29, 1.82) is 0 Å². The maximum Gasteiger partial charge on any atom is 0.409 e. The number of hydrogen-bond donors (Lipinski definition) is 2. The summed E-state index contributed by atoms with van der Waals surface area (Å²) in [7, 11) is 0. The fourth-order valence-corrected chi connectivity index (χ4v) is 1.19. The van der Waals surface area contributed by atoms with E-state index in [0.29, 0.717) is 5.69 Å². The highest BCUT2D eigenvalue weighted by atomic mass is 19.1. The molecule has 0 atom stereocenters. The lowest BCUT2D eigenvalue weighted by Gasteiger charge is -2.01. The van der Waals surface area contributed by atoms with Crippen molar-refractivity contribution < 1.29 is 14.3 Å². The van der Waals surface area contributed by atoms with Gasteiger partial charge in [0.15, 0.2) is 0 Å². The number of halogens is 1. The van der Waals surface area contributed by atoms with Crippen LogP contribution in [0.25, 0.3) is 5.69 Å². The molecule has 0 aliphatic carbocycles. The van der Waals surface area contributed by atoms with Crippen LogP contribution in [0.2, 0.25) is 0 Å². The molecule has 0 fully saturated rings. The standard InChI is InChI=1S/C9H7FN4O2/c10-8-7(13-9(15)16)5-12-14(8)6-2-1-3-11-4-6/h1-5,13H,(H,15,16). The number of rotatable bonds is 2. The Bertz CT molecular complexity index is 511. The first-order chi connectivity index (χ1) is 7.68. The predicted octanol–water partition coefficient (Wildman–Crippen LogP) is 1.50. The van der Waals surface area contributed by atoms with E-state index >= 15 is 0 Å². The smallest absolute Gasteiger partial charge is 0.409 e. The van der Waals surface area contributed by atoms with Crippen LogP contribution in [0, 0.1) is 5.95 Å². The zero-order valence-electron chi connectivity index (χ0n) is 7.96. The number of pyridine rings is 1. The second-order valence-electron chi connectivity index (χ2n) is 2.90. The Labute approximate surface area is 89.4 Å². The van der Waals surface area contributed by atoms with Gasteiger partial charge >= 0.3 is 6.09 Å². The van der Waals surface area contributed by atoms with Crippen LogP contribution in [0.5, 0.6) is 0 Å². The van der Waals surface area contributed by atoms with Gasteiger partial charge in [-0.15, -0.1) is 0 Å². The van der Waals surface area contributed by atoms with E-state index in [1.165, 1.54) is 6.20 Å². The van der Waals surface area contributed by atoms with Gasteiger partial charge in [0.2, 0.25) is 5.95 Å². The molecule has 0 saturated heterocycles. The SMILES string of the molecule is O=C(O)Nc1cnn(-c2cccnc2)c1F. The summed E-state index contributed by atoms with van der Waals surface area (Å²) in [5, 5.41) is 14.1. The van der Waals surface area contributed by atoms with Gasteiger partial charge in [-0.25, -0.2) is 9.48 Å². The van der Waals surface area contributed by atoms with Crippen LogP contribution in [-0.4, -0.2) is 26.0 Å². The van der Waals surface area contributed by atoms with Crippen molar-refractivity contribution in [3.05, 3.63) is 36.7 Å².